The summed E-state index contributed by atoms with van der Waals surface area (Å²) in [6.07, 6.45) is 0.773. The van der Waals surface area contributed by atoms with Gasteiger partial charge in [0.2, 0.25) is 0 Å². The first kappa shape index (κ1) is 27.3. The lowest BCUT2D eigenvalue weighted by Crippen LogP contribution is -2.42. The van der Waals surface area contributed by atoms with Gasteiger partial charge in [-0.05, 0) is 42.7 Å². The Morgan fingerprint density at radius 3 is 2.45 bits per heavy atom. The summed E-state index contributed by atoms with van der Waals surface area (Å²) in [5.41, 5.74) is 4.55. The molecule has 214 valence electrons. The SMILES string of the molecule is COc1cc(-c2cn([C@@H]3C[C@H](c4ccccc4)c4ccccc4N(CC(F)(F)F)C3=O)nn2)ccc1-n1cnc(C)c1. The fourth-order valence-corrected chi connectivity index (χ4v) is 5.51. The molecule has 0 spiro atoms. The lowest BCUT2D eigenvalue weighted by atomic mass is 9.86. The van der Waals surface area contributed by atoms with Gasteiger partial charge in [0.05, 0.1) is 31.0 Å². The van der Waals surface area contributed by atoms with Gasteiger partial charge in [-0.15, -0.1) is 5.10 Å². The van der Waals surface area contributed by atoms with Crippen molar-refractivity contribution in [1.82, 2.24) is 24.5 Å². The number of carbonyl (C=O) groups is 1. The summed E-state index contributed by atoms with van der Waals surface area (Å²) in [5.74, 6) is -0.473. The smallest absolute Gasteiger partial charge is 0.406 e. The van der Waals surface area contributed by atoms with Crippen LogP contribution in [0.15, 0.2) is 91.5 Å². The number of hydrogen-bond donors (Lipinski definition) is 0. The maximum Gasteiger partial charge on any atom is 0.406 e. The van der Waals surface area contributed by atoms with Gasteiger partial charge in [-0.2, -0.15) is 13.2 Å². The van der Waals surface area contributed by atoms with Crippen LogP contribution in [0.25, 0.3) is 16.9 Å². The summed E-state index contributed by atoms with van der Waals surface area (Å²) in [7, 11) is 1.56. The minimum absolute atomic E-state index is 0.208. The molecule has 0 aliphatic carbocycles. The van der Waals surface area contributed by atoms with Gasteiger partial charge in [0.1, 0.15) is 24.0 Å². The van der Waals surface area contributed by atoms with Crippen LogP contribution in [0.2, 0.25) is 0 Å². The molecular weight excluding hydrogens is 545 g/mol. The number of benzene rings is 3. The molecule has 0 radical (unpaired) electrons. The van der Waals surface area contributed by atoms with Gasteiger partial charge in [0.15, 0.2) is 0 Å². The number of anilines is 1. The minimum atomic E-state index is -4.60. The van der Waals surface area contributed by atoms with Crippen molar-refractivity contribution in [2.75, 3.05) is 18.6 Å². The fourth-order valence-electron chi connectivity index (χ4n) is 5.51. The molecule has 0 fully saturated rings. The number of halogens is 3. The Labute approximate surface area is 240 Å². The molecule has 0 unspecified atom stereocenters. The summed E-state index contributed by atoms with van der Waals surface area (Å²) in [5, 5.41) is 8.55. The molecule has 8 nitrogen and oxygen atoms in total. The first-order chi connectivity index (χ1) is 20.2. The molecule has 0 saturated heterocycles. The van der Waals surface area contributed by atoms with Crippen LogP contribution in [0, 0.1) is 6.92 Å². The van der Waals surface area contributed by atoms with Crippen LogP contribution >= 0.6 is 0 Å². The highest BCUT2D eigenvalue weighted by atomic mass is 19.4. The van der Waals surface area contributed by atoms with Crippen molar-refractivity contribution in [2.45, 2.75) is 31.5 Å². The quantitative estimate of drug-likeness (QED) is 0.245. The van der Waals surface area contributed by atoms with E-state index in [0.717, 1.165) is 21.8 Å². The van der Waals surface area contributed by atoms with Crippen molar-refractivity contribution in [2.24, 2.45) is 0 Å². The zero-order valence-electron chi connectivity index (χ0n) is 22.9. The average molecular weight is 573 g/mol. The highest BCUT2D eigenvalue weighted by Gasteiger charge is 2.42. The second-order valence-electron chi connectivity index (χ2n) is 10.2. The normalized spacial score (nSPS) is 17.2. The summed E-state index contributed by atoms with van der Waals surface area (Å²) in [4.78, 5) is 19.0. The molecule has 0 saturated carbocycles. The maximum absolute atomic E-state index is 13.9. The van der Waals surface area contributed by atoms with Crippen molar-refractivity contribution < 1.29 is 22.7 Å². The highest BCUT2D eigenvalue weighted by Crippen LogP contribution is 2.43. The summed E-state index contributed by atoms with van der Waals surface area (Å²) >= 11 is 0. The number of alkyl halides is 3. The van der Waals surface area contributed by atoms with Crippen LogP contribution in [-0.4, -0.2) is 50.3 Å². The zero-order chi connectivity index (χ0) is 29.4. The van der Waals surface area contributed by atoms with Gasteiger partial charge < -0.3 is 14.2 Å². The molecule has 42 heavy (non-hydrogen) atoms. The Morgan fingerprint density at radius 2 is 1.74 bits per heavy atom. The molecule has 2 atom stereocenters. The van der Waals surface area contributed by atoms with Crippen LogP contribution < -0.4 is 9.64 Å². The van der Waals surface area contributed by atoms with Gasteiger partial charge in [-0.1, -0.05) is 59.8 Å². The number of para-hydroxylation sites is 1. The molecule has 2 aromatic heterocycles. The second-order valence-corrected chi connectivity index (χ2v) is 10.2. The highest BCUT2D eigenvalue weighted by molar-refractivity contribution is 5.98. The molecule has 0 N–H and O–H groups in total. The van der Waals surface area contributed by atoms with Crippen LogP contribution in [-0.2, 0) is 4.79 Å². The Kier molecular flexibility index (Phi) is 7.01. The number of hydrogen-bond acceptors (Lipinski definition) is 5. The maximum atomic E-state index is 13.9. The minimum Gasteiger partial charge on any atom is -0.495 e. The van der Waals surface area contributed by atoms with E-state index >= 15 is 0 Å². The Balaban J connectivity index is 1.41. The van der Waals surface area contributed by atoms with E-state index < -0.39 is 24.7 Å². The standard InChI is InChI=1S/C31H27F3N6O2/c1-20-16-38(19-35-20)27-13-12-22(14-29(27)42-2)25-17-40(37-36-25)28-15-24(21-8-4-3-5-9-21)23-10-6-7-11-26(23)39(30(28)41)18-31(32,33)34/h3-14,16-17,19,24,28H,15,18H2,1-2H3/t24-,28-/m1/s1. The lowest BCUT2D eigenvalue weighted by molar-refractivity contribution is -0.134. The number of fused-ring (bicyclic) bond motifs is 1. The van der Waals surface area contributed by atoms with Gasteiger partial charge >= 0.3 is 6.18 Å². The monoisotopic (exact) mass is 572 g/mol. The number of aromatic nitrogens is 5. The topological polar surface area (TPSA) is 78.1 Å². The van der Waals surface area contributed by atoms with Crippen LogP contribution in [0.5, 0.6) is 5.75 Å². The molecule has 3 aromatic carbocycles. The largest absolute Gasteiger partial charge is 0.495 e. The number of methoxy groups -OCH3 is 1. The van der Waals surface area contributed by atoms with E-state index in [1.165, 1.54) is 4.68 Å². The third-order valence-corrected chi connectivity index (χ3v) is 7.45. The Morgan fingerprint density at radius 1 is 0.976 bits per heavy atom. The molecule has 11 heteroatoms. The van der Waals surface area contributed by atoms with E-state index in [1.807, 2.05) is 60.2 Å². The van der Waals surface area contributed by atoms with Crippen molar-refractivity contribution in [1.29, 1.82) is 0 Å². The zero-order valence-corrected chi connectivity index (χ0v) is 22.9. The van der Waals surface area contributed by atoms with E-state index in [2.05, 4.69) is 15.3 Å². The number of rotatable bonds is 6. The number of nitrogens with zero attached hydrogens (tertiary/aromatic N) is 6. The summed E-state index contributed by atoms with van der Waals surface area (Å²) in [6, 6.07) is 20.7. The first-order valence-corrected chi connectivity index (χ1v) is 13.3. The Hall–Kier alpha value is -4.93. The molecule has 1 aliphatic heterocycles. The molecule has 6 rings (SSSR count). The molecule has 0 bridgehead atoms. The van der Waals surface area contributed by atoms with E-state index in [0.29, 0.717) is 22.6 Å². The van der Waals surface area contributed by atoms with Crippen LogP contribution in [0.3, 0.4) is 0 Å². The molecule has 1 amide bonds. The lowest BCUT2D eigenvalue weighted by Gasteiger charge is -2.26. The van der Waals surface area contributed by atoms with Crippen molar-refractivity contribution in [3.05, 3.63) is 108 Å². The average Bonchev–Trinajstić information content (AvgIpc) is 3.63. The predicted molar refractivity (Wildman–Crippen MR) is 151 cm³/mol. The predicted octanol–water partition coefficient (Wildman–Crippen LogP) is 6.12. The van der Waals surface area contributed by atoms with Crippen molar-refractivity contribution >= 4 is 11.6 Å². The van der Waals surface area contributed by atoms with Crippen molar-refractivity contribution in [3.8, 4) is 22.7 Å². The van der Waals surface area contributed by atoms with Gasteiger partial charge in [-0.25, -0.2) is 9.67 Å². The van der Waals surface area contributed by atoms with Gasteiger partial charge in [0.25, 0.3) is 5.91 Å². The van der Waals surface area contributed by atoms with E-state index in [1.54, 1.807) is 50.0 Å². The molecule has 1 aliphatic rings. The molecular formula is C31H27F3N6O2. The van der Waals surface area contributed by atoms with E-state index in [9.17, 15) is 18.0 Å². The van der Waals surface area contributed by atoms with E-state index in [4.69, 9.17) is 4.74 Å². The second kappa shape index (κ2) is 10.8. The number of imidazole rings is 1. The van der Waals surface area contributed by atoms with Crippen LogP contribution in [0.4, 0.5) is 18.9 Å². The van der Waals surface area contributed by atoms with Gasteiger partial charge in [0, 0.05) is 23.4 Å². The number of amides is 1. The molecule has 3 heterocycles. The number of ether oxygens (including phenoxy) is 1. The summed E-state index contributed by atoms with van der Waals surface area (Å²) in [6.45, 7) is 0.482. The first-order valence-electron chi connectivity index (χ1n) is 13.3. The van der Waals surface area contributed by atoms with E-state index in [-0.39, 0.29) is 18.0 Å². The third kappa shape index (κ3) is 5.25. The summed E-state index contributed by atoms with van der Waals surface area (Å²) < 4.78 is 50.2. The number of carbonyl (C=O) groups excluding carboxylic acids is 1. The number of aryl methyl sites for hydroxylation is 1. The molecule has 5 aromatic rings. The third-order valence-electron chi connectivity index (χ3n) is 7.45. The van der Waals surface area contributed by atoms with Crippen molar-refractivity contribution in [3.63, 3.8) is 0 Å². The Bertz CT molecular complexity index is 1730. The van der Waals surface area contributed by atoms with Gasteiger partial charge in [-0.3, -0.25) is 4.79 Å². The van der Waals surface area contributed by atoms with Crippen LogP contribution in [0.1, 0.15) is 35.2 Å². The fraction of sp³-hybridized carbons (Fsp3) is 0.226.